The van der Waals surface area contributed by atoms with Crippen LogP contribution >= 0.6 is 0 Å². The van der Waals surface area contributed by atoms with Gasteiger partial charge in [-0.2, -0.15) is 0 Å². The van der Waals surface area contributed by atoms with E-state index in [1.165, 1.54) is 14.2 Å². The van der Waals surface area contributed by atoms with Gasteiger partial charge in [0, 0.05) is 14.2 Å². The third kappa shape index (κ3) is 10.2. The lowest BCUT2D eigenvalue weighted by atomic mass is 9.96. The molecular weight excluding hydrogens is 800 g/mol. The van der Waals surface area contributed by atoms with Gasteiger partial charge in [0.25, 0.3) is 0 Å². The van der Waals surface area contributed by atoms with Crippen LogP contribution in [-0.2, 0) is 52.1 Å². The lowest BCUT2D eigenvalue weighted by molar-refractivity contribution is -0.371. The molecule has 5 aliphatic rings. The van der Waals surface area contributed by atoms with Crippen molar-refractivity contribution >= 4 is 0 Å². The SMILES string of the molecule is COCC1O[C@H](OCC2O[C@H](OCC3O[C@H](OCC4O[C@H](OC)C(O)[C@@H](O)[C@@H]4O)C(O)[C@@H](O)[C@@H]3O)C(O)[C@@H](O[C@@H]3OC(CO)[C@@H](O)[C@H](O)C3O)[C@@H]2O)C(O)[C@@H](O)[C@@H]1O. The molecule has 0 radical (unpaired) electrons. The second-order valence-corrected chi connectivity index (χ2v) is 14.6. The van der Waals surface area contributed by atoms with Gasteiger partial charge in [-0.3, -0.25) is 0 Å². The van der Waals surface area contributed by atoms with Gasteiger partial charge in [0.2, 0.25) is 0 Å². The lowest BCUT2D eigenvalue weighted by Crippen LogP contribution is -2.65. The van der Waals surface area contributed by atoms with E-state index in [1.807, 2.05) is 0 Å². The smallest absolute Gasteiger partial charge is 0.187 e. The van der Waals surface area contributed by atoms with Crippen molar-refractivity contribution < 1.29 is 129 Å². The number of methoxy groups -OCH3 is 2. The van der Waals surface area contributed by atoms with Crippen LogP contribution in [0.25, 0.3) is 0 Å². The summed E-state index contributed by atoms with van der Waals surface area (Å²) in [5.74, 6) is 0. The minimum atomic E-state index is -2.03. The first kappa shape index (κ1) is 48.0. The van der Waals surface area contributed by atoms with E-state index in [1.54, 1.807) is 0 Å². The summed E-state index contributed by atoms with van der Waals surface area (Å²) in [7, 11) is 2.46. The molecule has 10 unspecified atom stereocenters. The van der Waals surface area contributed by atoms with Gasteiger partial charge in [0.15, 0.2) is 31.5 Å². The number of hydrogen-bond acceptors (Lipinski definition) is 26. The Morgan fingerprint density at radius 2 is 0.672 bits per heavy atom. The van der Waals surface area contributed by atoms with Crippen LogP contribution in [0.3, 0.4) is 0 Å². The minimum absolute atomic E-state index is 0.227. The van der Waals surface area contributed by atoms with Gasteiger partial charge < -0.3 is 129 Å². The standard InChI is InChI=1S/C32H56O26/c1-48-4-9-14(35)20(41)23(44)29(55-9)51-7-12-17(38)27(58-32-25(46)18(39)13(34)8(3-33)53-32)26(47)31(57-12)52-6-11-16(37)21(42)24(45)30(56-11)50-5-10-15(36)19(40)22(43)28(49-2)54-10/h8-47H,3-7H2,1-2H3/t8?,9?,10?,11?,12?,13-,14-,15-,16-,17-,18+,19+,20+,21+,22?,23?,24?,25?,26?,27+,28+,29+,30+,31+,32+/m1/s1. The van der Waals surface area contributed by atoms with Gasteiger partial charge in [-0.25, -0.2) is 0 Å². The third-order valence-electron chi connectivity index (χ3n) is 10.6. The average Bonchev–Trinajstić information content (AvgIpc) is 3.21. The average molecular weight is 857 g/mol. The summed E-state index contributed by atoms with van der Waals surface area (Å²) in [6.45, 7) is -3.17. The topological polar surface area (TPSA) is 405 Å². The molecule has 0 aliphatic carbocycles. The Morgan fingerprint density at radius 3 is 1.09 bits per heavy atom. The first-order valence-corrected chi connectivity index (χ1v) is 18.4. The predicted octanol–water partition coefficient (Wildman–Crippen LogP) is -10.6. The minimum Gasteiger partial charge on any atom is -0.394 e. The molecule has 15 N–H and O–H groups in total. The Balaban J connectivity index is 1.29. The number of hydrogen-bond donors (Lipinski definition) is 15. The highest BCUT2D eigenvalue weighted by atomic mass is 16.8. The molecule has 26 heteroatoms. The van der Waals surface area contributed by atoms with Gasteiger partial charge in [-0.1, -0.05) is 0 Å². The molecule has 5 rings (SSSR count). The number of rotatable bonds is 15. The van der Waals surface area contributed by atoms with Crippen LogP contribution in [0.5, 0.6) is 0 Å². The molecule has 58 heavy (non-hydrogen) atoms. The number of ether oxygens (including phenoxy) is 11. The zero-order chi connectivity index (χ0) is 42.7. The molecule has 5 aliphatic heterocycles. The van der Waals surface area contributed by atoms with Crippen LogP contribution in [0.15, 0.2) is 0 Å². The Hall–Kier alpha value is -1.04. The molecule has 0 aromatic carbocycles. The Kier molecular flexibility index (Phi) is 17.3. The molecule has 0 saturated carbocycles. The zero-order valence-electron chi connectivity index (χ0n) is 31.2. The molecule has 0 spiro atoms. The van der Waals surface area contributed by atoms with Crippen LogP contribution in [0.1, 0.15) is 0 Å². The van der Waals surface area contributed by atoms with E-state index in [-0.39, 0.29) is 6.61 Å². The fourth-order valence-electron chi connectivity index (χ4n) is 7.04. The summed E-state index contributed by atoms with van der Waals surface area (Å²) in [4.78, 5) is 0. The van der Waals surface area contributed by atoms with E-state index in [4.69, 9.17) is 52.1 Å². The molecule has 0 amide bonds. The zero-order valence-corrected chi connectivity index (χ0v) is 31.2. The number of aliphatic hydroxyl groups excluding tert-OH is 15. The fourth-order valence-corrected chi connectivity index (χ4v) is 7.04. The van der Waals surface area contributed by atoms with Gasteiger partial charge >= 0.3 is 0 Å². The summed E-state index contributed by atoms with van der Waals surface area (Å²) in [5, 5.41) is 157. The maximum atomic E-state index is 11.4. The van der Waals surface area contributed by atoms with Crippen molar-refractivity contribution in [3.05, 3.63) is 0 Å². The lowest BCUT2D eigenvalue weighted by Gasteiger charge is -2.47. The van der Waals surface area contributed by atoms with Crippen LogP contribution in [0, 0.1) is 0 Å². The number of aliphatic hydroxyl groups is 15. The van der Waals surface area contributed by atoms with Gasteiger partial charge in [-0.05, 0) is 0 Å². The van der Waals surface area contributed by atoms with Crippen LogP contribution in [-0.4, -0.2) is 277 Å². The van der Waals surface area contributed by atoms with Crippen molar-refractivity contribution in [1.29, 1.82) is 0 Å². The fraction of sp³-hybridized carbons (Fsp3) is 1.00. The van der Waals surface area contributed by atoms with Crippen LogP contribution < -0.4 is 0 Å². The van der Waals surface area contributed by atoms with E-state index in [2.05, 4.69) is 0 Å². The molecular formula is C32H56O26. The molecule has 5 saturated heterocycles. The van der Waals surface area contributed by atoms with E-state index in [0.717, 1.165) is 0 Å². The quantitative estimate of drug-likeness (QED) is 0.0727. The normalized spacial score (nSPS) is 51.8. The van der Waals surface area contributed by atoms with Crippen LogP contribution in [0.4, 0.5) is 0 Å². The van der Waals surface area contributed by atoms with E-state index < -0.39 is 180 Å². The molecule has 340 valence electrons. The molecule has 0 bridgehead atoms. The summed E-state index contributed by atoms with van der Waals surface area (Å²) in [6, 6.07) is 0. The summed E-state index contributed by atoms with van der Waals surface area (Å²) < 4.78 is 60.0. The summed E-state index contributed by atoms with van der Waals surface area (Å²) >= 11 is 0. The maximum Gasteiger partial charge on any atom is 0.187 e. The second-order valence-electron chi connectivity index (χ2n) is 14.6. The van der Waals surface area contributed by atoms with E-state index in [9.17, 15) is 76.6 Å². The van der Waals surface area contributed by atoms with Crippen LogP contribution in [0.2, 0.25) is 0 Å². The van der Waals surface area contributed by atoms with Crippen molar-refractivity contribution in [2.24, 2.45) is 0 Å². The summed E-state index contributed by atoms with van der Waals surface area (Å²) in [5.41, 5.74) is 0. The van der Waals surface area contributed by atoms with E-state index in [0.29, 0.717) is 0 Å². The molecule has 0 aromatic heterocycles. The highest BCUT2D eigenvalue weighted by Gasteiger charge is 2.53. The molecule has 5 heterocycles. The molecule has 5 fully saturated rings. The van der Waals surface area contributed by atoms with Gasteiger partial charge in [0.1, 0.15) is 122 Å². The van der Waals surface area contributed by atoms with Crippen molar-refractivity contribution in [2.75, 3.05) is 47.3 Å². The van der Waals surface area contributed by atoms with E-state index >= 15 is 0 Å². The third-order valence-corrected chi connectivity index (χ3v) is 10.6. The molecule has 0 aromatic rings. The van der Waals surface area contributed by atoms with Gasteiger partial charge in [0.05, 0.1) is 33.0 Å². The summed E-state index contributed by atoms with van der Waals surface area (Å²) in [6.07, 6.45) is -43.1. The molecule has 25 atom stereocenters. The Bertz CT molecular complexity index is 1240. The Morgan fingerprint density at radius 1 is 0.345 bits per heavy atom. The molecule has 26 nitrogen and oxygen atoms in total. The first-order valence-electron chi connectivity index (χ1n) is 18.4. The largest absolute Gasteiger partial charge is 0.394 e. The highest BCUT2D eigenvalue weighted by molar-refractivity contribution is 4.96. The van der Waals surface area contributed by atoms with Gasteiger partial charge in [-0.15, -0.1) is 0 Å². The van der Waals surface area contributed by atoms with Crippen molar-refractivity contribution in [3.8, 4) is 0 Å². The maximum absolute atomic E-state index is 11.4. The van der Waals surface area contributed by atoms with Crippen molar-refractivity contribution in [1.82, 2.24) is 0 Å². The first-order chi connectivity index (χ1) is 27.4. The highest BCUT2D eigenvalue weighted by Crippen LogP contribution is 2.32. The van der Waals surface area contributed by atoms with Crippen molar-refractivity contribution in [3.63, 3.8) is 0 Å². The monoisotopic (exact) mass is 856 g/mol. The second kappa shape index (κ2) is 20.9. The Labute approximate surface area is 329 Å². The van der Waals surface area contributed by atoms with Crippen molar-refractivity contribution in [2.45, 2.75) is 154 Å². The predicted molar refractivity (Wildman–Crippen MR) is 176 cm³/mol.